The number of thiophene rings is 1. The van der Waals surface area contributed by atoms with Gasteiger partial charge in [0.25, 0.3) is 0 Å². The monoisotopic (exact) mass is 325 g/mol. The first kappa shape index (κ1) is 13.6. The molecule has 4 heteroatoms. The minimum absolute atomic E-state index is 0.380. The summed E-state index contributed by atoms with van der Waals surface area (Å²) in [5.41, 5.74) is 1.24. The highest BCUT2D eigenvalue weighted by molar-refractivity contribution is 9.10. The molecule has 2 nitrogen and oxygen atoms in total. The Morgan fingerprint density at radius 1 is 1.39 bits per heavy atom. The van der Waals surface area contributed by atoms with Crippen molar-refractivity contribution in [1.82, 2.24) is 5.32 Å². The van der Waals surface area contributed by atoms with Gasteiger partial charge in [-0.1, -0.05) is 12.1 Å². The summed E-state index contributed by atoms with van der Waals surface area (Å²) in [4.78, 5) is 1.36. The van der Waals surface area contributed by atoms with Gasteiger partial charge in [-0.25, -0.2) is 0 Å². The molecule has 0 unspecified atom stereocenters. The van der Waals surface area contributed by atoms with Crippen molar-refractivity contribution in [3.8, 4) is 5.75 Å². The molecular weight excluding hydrogens is 310 g/mol. The summed E-state index contributed by atoms with van der Waals surface area (Å²) in [5.74, 6) is 0.866. The Kier molecular flexibility index (Phi) is 4.80. The third kappa shape index (κ3) is 3.34. The average Bonchev–Trinajstić information content (AvgIpc) is 2.90. The Hall–Kier alpha value is -0.840. The van der Waals surface area contributed by atoms with Crippen molar-refractivity contribution in [3.05, 3.63) is 50.6 Å². The lowest BCUT2D eigenvalue weighted by Crippen LogP contribution is -2.17. The van der Waals surface area contributed by atoms with Gasteiger partial charge in [-0.15, -0.1) is 11.3 Å². The van der Waals surface area contributed by atoms with E-state index in [0.717, 1.165) is 16.8 Å². The van der Waals surface area contributed by atoms with Crippen LogP contribution in [0.3, 0.4) is 0 Å². The third-order valence-electron chi connectivity index (χ3n) is 2.80. The molecule has 0 spiro atoms. The van der Waals surface area contributed by atoms with Crippen LogP contribution in [-0.2, 0) is 6.54 Å². The standard InChI is InChI=1S/C14H16BrNOS/c1-10(14-4-3-7-18-14)16-9-11-5-6-13(17-2)12(15)8-11/h3-8,10,16H,9H2,1-2H3/t10-/m0/s1. The number of benzene rings is 1. The van der Waals surface area contributed by atoms with Gasteiger partial charge in [0.05, 0.1) is 11.6 Å². The van der Waals surface area contributed by atoms with E-state index in [1.54, 1.807) is 18.4 Å². The van der Waals surface area contributed by atoms with E-state index < -0.39 is 0 Å². The lowest BCUT2D eigenvalue weighted by Gasteiger charge is -2.13. The highest BCUT2D eigenvalue weighted by Crippen LogP contribution is 2.26. The largest absolute Gasteiger partial charge is 0.496 e. The number of rotatable bonds is 5. The lowest BCUT2D eigenvalue weighted by atomic mass is 10.2. The third-order valence-corrected chi connectivity index (χ3v) is 4.47. The van der Waals surface area contributed by atoms with Crippen LogP contribution in [0.4, 0.5) is 0 Å². The smallest absolute Gasteiger partial charge is 0.133 e. The minimum Gasteiger partial charge on any atom is -0.496 e. The molecule has 0 radical (unpaired) electrons. The van der Waals surface area contributed by atoms with Crippen LogP contribution in [-0.4, -0.2) is 7.11 Å². The van der Waals surface area contributed by atoms with E-state index in [0.29, 0.717) is 6.04 Å². The summed E-state index contributed by atoms with van der Waals surface area (Å²) in [6, 6.07) is 10.8. The molecule has 0 bridgehead atoms. The molecule has 1 aromatic heterocycles. The van der Waals surface area contributed by atoms with Crippen molar-refractivity contribution in [1.29, 1.82) is 0 Å². The fourth-order valence-corrected chi connectivity index (χ4v) is 3.08. The summed E-state index contributed by atoms with van der Waals surface area (Å²) in [7, 11) is 1.68. The van der Waals surface area contributed by atoms with Crippen LogP contribution in [0.25, 0.3) is 0 Å². The molecule has 0 saturated heterocycles. The zero-order valence-corrected chi connectivity index (χ0v) is 12.8. The van der Waals surface area contributed by atoms with Gasteiger partial charge in [0, 0.05) is 17.5 Å². The molecule has 0 aliphatic rings. The van der Waals surface area contributed by atoms with Crippen LogP contribution < -0.4 is 10.1 Å². The fraction of sp³-hybridized carbons (Fsp3) is 0.286. The Balaban J connectivity index is 1.96. The molecule has 0 amide bonds. The van der Waals surface area contributed by atoms with Crippen LogP contribution in [0.15, 0.2) is 40.2 Å². The van der Waals surface area contributed by atoms with Gasteiger partial charge in [0.15, 0.2) is 0 Å². The van der Waals surface area contributed by atoms with Gasteiger partial charge in [-0.3, -0.25) is 0 Å². The molecular formula is C14H16BrNOS. The molecule has 18 heavy (non-hydrogen) atoms. The Morgan fingerprint density at radius 3 is 2.83 bits per heavy atom. The zero-order valence-electron chi connectivity index (χ0n) is 10.4. The maximum Gasteiger partial charge on any atom is 0.133 e. The Morgan fingerprint density at radius 2 is 2.22 bits per heavy atom. The normalized spacial score (nSPS) is 12.4. The van der Waals surface area contributed by atoms with Crippen molar-refractivity contribution in [2.75, 3.05) is 7.11 Å². The van der Waals surface area contributed by atoms with Crippen LogP contribution in [0.2, 0.25) is 0 Å². The second-order valence-corrected chi connectivity index (χ2v) is 5.92. The van der Waals surface area contributed by atoms with Gasteiger partial charge >= 0.3 is 0 Å². The molecule has 2 rings (SSSR count). The van der Waals surface area contributed by atoms with Crippen LogP contribution in [0, 0.1) is 0 Å². The molecule has 2 aromatic rings. The summed E-state index contributed by atoms with van der Waals surface area (Å²) in [6.45, 7) is 3.03. The number of methoxy groups -OCH3 is 1. The molecule has 1 N–H and O–H groups in total. The van der Waals surface area contributed by atoms with Crippen LogP contribution in [0.5, 0.6) is 5.75 Å². The summed E-state index contributed by atoms with van der Waals surface area (Å²) < 4.78 is 6.21. The van der Waals surface area contributed by atoms with Crippen molar-refractivity contribution in [3.63, 3.8) is 0 Å². The van der Waals surface area contributed by atoms with E-state index >= 15 is 0 Å². The highest BCUT2D eigenvalue weighted by atomic mass is 79.9. The quantitative estimate of drug-likeness (QED) is 0.881. The van der Waals surface area contributed by atoms with E-state index in [2.05, 4.69) is 57.8 Å². The van der Waals surface area contributed by atoms with E-state index in [9.17, 15) is 0 Å². The second kappa shape index (κ2) is 6.36. The van der Waals surface area contributed by atoms with Crippen LogP contribution in [0.1, 0.15) is 23.4 Å². The highest BCUT2D eigenvalue weighted by Gasteiger charge is 2.06. The van der Waals surface area contributed by atoms with E-state index in [1.807, 2.05) is 6.07 Å². The average molecular weight is 326 g/mol. The molecule has 1 atom stereocenters. The van der Waals surface area contributed by atoms with Gasteiger partial charge in [-0.05, 0) is 52.0 Å². The first-order valence-electron chi connectivity index (χ1n) is 5.80. The molecule has 0 saturated carbocycles. The first-order valence-corrected chi connectivity index (χ1v) is 7.47. The van der Waals surface area contributed by atoms with Crippen molar-refractivity contribution >= 4 is 27.3 Å². The second-order valence-electron chi connectivity index (χ2n) is 4.09. The Labute approximate surface area is 120 Å². The van der Waals surface area contributed by atoms with Crippen molar-refractivity contribution in [2.45, 2.75) is 19.5 Å². The lowest BCUT2D eigenvalue weighted by molar-refractivity contribution is 0.412. The van der Waals surface area contributed by atoms with Crippen molar-refractivity contribution in [2.24, 2.45) is 0 Å². The SMILES string of the molecule is COc1ccc(CN[C@@H](C)c2cccs2)cc1Br. The predicted molar refractivity (Wildman–Crippen MR) is 80.3 cm³/mol. The van der Waals surface area contributed by atoms with Gasteiger partial charge in [0.2, 0.25) is 0 Å². The molecule has 0 aliphatic heterocycles. The van der Waals surface area contributed by atoms with E-state index in [1.165, 1.54) is 10.4 Å². The first-order chi connectivity index (χ1) is 8.70. The topological polar surface area (TPSA) is 21.3 Å². The van der Waals surface area contributed by atoms with Gasteiger partial charge in [-0.2, -0.15) is 0 Å². The summed E-state index contributed by atoms with van der Waals surface area (Å²) in [5, 5.41) is 5.62. The molecule has 1 heterocycles. The Bertz CT molecular complexity index is 499. The predicted octanol–water partition coefficient (Wildman–Crippen LogP) is 4.37. The summed E-state index contributed by atoms with van der Waals surface area (Å²) >= 11 is 5.29. The zero-order chi connectivity index (χ0) is 13.0. The molecule has 0 aliphatic carbocycles. The minimum atomic E-state index is 0.380. The maximum absolute atomic E-state index is 5.22. The molecule has 96 valence electrons. The molecule has 1 aromatic carbocycles. The maximum atomic E-state index is 5.22. The van der Waals surface area contributed by atoms with Crippen molar-refractivity contribution < 1.29 is 4.74 Å². The molecule has 0 fully saturated rings. The summed E-state index contributed by atoms with van der Waals surface area (Å²) in [6.07, 6.45) is 0. The van der Waals surface area contributed by atoms with E-state index in [-0.39, 0.29) is 0 Å². The fourth-order valence-electron chi connectivity index (χ4n) is 1.73. The van der Waals surface area contributed by atoms with E-state index in [4.69, 9.17) is 4.74 Å². The van der Waals surface area contributed by atoms with Crippen LogP contribution >= 0.6 is 27.3 Å². The number of ether oxygens (including phenoxy) is 1. The van der Waals surface area contributed by atoms with Gasteiger partial charge in [0.1, 0.15) is 5.75 Å². The number of halogens is 1. The van der Waals surface area contributed by atoms with Gasteiger partial charge < -0.3 is 10.1 Å². The number of hydrogen-bond donors (Lipinski definition) is 1. The number of hydrogen-bond acceptors (Lipinski definition) is 3. The number of nitrogens with one attached hydrogen (secondary N) is 1.